The summed E-state index contributed by atoms with van der Waals surface area (Å²) in [5.41, 5.74) is 0. The normalized spacial score (nSPS) is 16.5. The monoisotopic (exact) mass is 346 g/mol. The molecule has 0 unspecified atom stereocenters. The van der Waals surface area contributed by atoms with E-state index in [1.807, 2.05) is 6.26 Å². The van der Waals surface area contributed by atoms with Gasteiger partial charge in [-0.3, -0.25) is 0 Å². The van der Waals surface area contributed by atoms with E-state index in [2.05, 4.69) is 54.0 Å². The summed E-state index contributed by atoms with van der Waals surface area (Å²) >= 11 is 1.70. The lowest BCUT2D eigenvalue weighted by Crippen LogP contribution is -2.39. The first-order valence-electron chi connectivity index (χ1n) is 8.66. The van der Waals surface area contributed by atoms with Crippen molar-refractivity contribution in [2.45, 2.75) is 91.0 Å². The molecule has 0 amide bonds. The minimum atomic E-state index is -1.77. The molecule has 0 radical (unpaired) electrons. The van der Waals surface area contributed by atoms with E-state index in [4.69, 9.17) is 4.43 Å². The molecule has 0 spiro atoms. The van der Waals surface area contributed by atoms with Gasteiger partial charge in [-0.25, -0.2) is 0 Å². The first-order chi connectivity index (χ1) is 10.1. The van der Waals surface area contributed by atoms with E-state index in [1.165, 1.54) is 19.3 Å². The number of aliphatic hydroxyl groups excluding tert-OH is 1. The largest absolute Gasteiger partial charge is 0.548 e. The predicted molar refractivity (Wildman–Crippen MR) is 104 cm³/mol. The molecule has 0 aliphatic heterocycles. The van der Waals surface area contributed by atoms with Gasteiger partial charge in [-0.05, 0) is 30.8 Å². The van der Waals surface area contributed by atoms with Crippen LogP contribution in [0.4, 0.5) is 0 Å². The van der Waals surface area contributed by atoms with Crippen LogP contribution in [-0.2, 0) is 4.43 Å². The molecule has 0 aromatic heterocycles. The van der Waals surface area contributed by atoms with E-state index >= 15 is 0 Å². The number of hydrogen-bond donors (Lipinski definition) is 1. The number of thioether (sulfide) groups is 1. The van der Waals surface area contributed by atoms with Crippen LogP contribution in [0.1, 0.15) is 66.7 Å². The van der Waals surface area contributed by atoms with Crippen molar-refractivity contribution in [1.82, 2.24) is 0 Å². The third-order valence-electron chi connectivity index (χ3n) is 4.89. The van der Waals surface area contributed by atoms with Crippen molar-refractivity contribution in [3.05, 3.63) is 11.2 Å². The highest BCUT2D eigenvalue weighted by Gasteiger charge is 2.38. The molecule has 0 aliphatic rings. The molecule has 0 rings (SSSR count). The van der Waals surface area contributed by atoms with Gasteiger partial charge in [-0.2, -0.15) is 0 Å². The van der Waals surface area contributed by atoms with Gasteiger partial charge in [-0.15, -0.1) is 11.8 Å². The van der Waals surface area contributed by atoms with Crippen molar-refractivity contribution in [2.75, 3.05) is 6.26 Å². The second-order valence-corrected chi connectivity index (χ2v) is 13.4. The van der Waals surface area contributed by atoms with Crippen LogP contribution in [0.3, 0.4) is 0 Å². The Morgan fingerprint density at radius 1 is 1.23 bits per heavy atom. The van der Waals surface area contributed by atoms with Gasteiger partial charge in [0.05, 0.1) is 12.4 Å². The number of unbranched alkanes of at least 4 members (excludes halogenated alkanes) is 3. The minimum Gasteiger partial charge on any atom is -0.548 e. The highest BCUT2D eigenvalue weighted by atomic mass is 32.2. The van der Waals surface area contributed by atoms with Crippen molar-refractivity contribution in [2.24, 2.45) is 5.92 Å². The van der Waals surface area contributed by atoms with E-state index in [1.54, 1.807) is 11.8 Å². The molecule has 0 aromatic carbocycles. The van der Waals surface area contributed by atoms with Gasteiger partial charge < -0.3 is 9.53 Å². The van der Waals surface area contributed by atoms with Crippen molar-refractivity contribution in [3.63, 3.8) is 0 Å². The number of hydrogen-bond acceptors (Lipinski definition) is 3. The fourth-order valence-corrected chi connectivity index (χ4v) is 3.48. The summed E-state index contributed by atoms with van der Waals surface area (Å²) in [5, 5.41) is 10.6. The van der Waals surface area contributed by atoms with E-state index in [9.17, 15) is 5.11 Å². The topological polar surface area (TPSA) is 29.5 Å². The molecule has 132 valence electrons. The summed E-state index contributed by atoms with van der Waals surface area (Å²) in [4.78, 5) is 1.16. The van der Waals surface area contributed by atoms with Crippen LogP contribution in [-0.4, -0.2) is 25.8 Å². The average molecular weight is 347 g/mol. The minimum absolute atomic E-state index is 0.154. The van der Waals surface area contributed by atoms with Crippen LogP contribution in [0.2, 0.25) is 18.1 Å². The summed E-state index contributed by atoms with van der Waals surface area (Å²) in [6.07, 6.45) is 9.47. The highest BCUT2D eigenvalue weighted by Crippen LogP contribution is 2.38. The van der Waals surface area contributed by atoms with Crippen LogP contribution >= 0.6 is 11.8 Å². The Hall–Kier alpha value is 0.0669. The fraction of sp³-hybridized carbons (Fsp3) is 0.889. The third kappa shape index (κ3) is 7.56. The zero-order chi connectivity index (χ0) is 17.4. The van der Waals surface area contributed by atoms with E-state index in [0.29, 0.717) is 0 Å². The lowest BCUT2D eigenvalue weighted by molar-refractivity contribution is 0.122. The lowest BCUT2D eigenvalue weighted by atomic mass is 9.98. The second-order valence-electron chi connectivity index (χ2n) is 7.81. The highest BCUT2D eigenvalue weighted by molar-refractivity contribution is 8.02. The molecule has 0 heterocycles. The van der Waals surface area contributed by atoms with Crippen molar-refractivity contribution in [1.29, 1.82) is 0 Å². The molecule has 0 fully saturated rings. The van der Waals surface area contributed by atoms with Crippen LogP contribution in [0.15, 0.2) is 11.2 Å². The van der Waals surface area contributed by atoms with Crippen LogP contribution in [0.25, 0.3) is 0 Å². The summed E-state index contributed by atoms with van der Waals surface area (Å²) in [7, 11) is -1.77. The van der Waals surface area contributed by atoms with Crippen molar-refractivity contribution >= 4 is 20.1 Å². The van der Waals surface area contributed by atoms with Gasteiger partial charge in [-0.1, -0.05) is 60.3 Å². The van der Waals surface area contributed by atoms with E-state index < -0.39 is 8.32 Å². The first-order valence-corrected chi connectivity index (χ1v) is 12.8. The number of aliphatic hydroxyl groups is 1. The Labute approximate surface area is 144 Å². The Morgan fingerprint density at radius 3 is 2.27 bits per heavy atom. The maximum absolute atomic E-state index is 10.4. The Morgan fingerprint density at radius 2 is 1.82 bits per heavy atom. The predicted octanol–water partition coefficient (Wildman–Crippen LogP) is 6.18. The van der Waals surface area contributed by atoms with Crippen molar-refractivity contribution in [3.8, 4) is 0 Å². The van der Waals surface area contributed by atoms with Gasteiger partial charge in [0.1, 0.15) is 0 Å². The zero-order valence-electron chi connectivity index (χ0n) is 16.0. The Bertz CT molecular complexity index is 334. The quantitative estimate of drug-likeness (QED) is 0.291. The molecule has 0 bridgehead atoms. The molecule has 0 aliphatic carbocycles. The summed E-state index contributed by atoms with van der Waals surface area (Å²) in [6.45, 7) is 15.6. The van der Waals surface area contributed by atoms with Gasteiger partial charge in [0.15, 0.2) is 0 Å². The van der Waals surface area contributed by atoms with Crippen LogP contribution < -0.4 is 0 Å². The Kier molecular flexibility index (Phi) is 10.1. The molecule has 2 atom stereocenters. The van der Waals surface area contributed by atoms with Crippen LogP contribution in [0, 0.1) is 5.92 Å². The van der Waals surface area contributed by atoms with Gasteiger partial charge in [0, 0.05) is 10.8 Å². The summed E-state index contributed by atoms with van der Waals surface area (Å²) in [6, 6.07) is 0. The van der Waals surface area contributed by atoms with E-state index in [-0.39, 0.29) is 17.1 Å². The van der Waals surface area contributed by atoms with Crippen LogP contribution in [0.5, 0.6) is 0 Å². The second kappa shape index (κ2) is 10.0. The molecule has 4 heteroatoms. The van der Waals surface area contributed by atoms with Gasteiger partial charge >= 0.3 is 0 Å². The molecule has 2 nitrogen and oxygen atoms in total. The first kappa shape index (κ1) is 22.1. The standard InChI is InChI=1S/C18H38O2SSi/c1-9-10-11-12-13-16(19)15(2)17(21-6)14-20-22(7,8)18(3,4)5/h14-16,19H,9-13H2,1-8H3/b17-14+/t15-,16+/m0/s1. The molecule has 22 heavy (non-hydrogen) atoms. The zero-order valence-corrected chi connectivity index (χ0v) is 17.8. The lowest BCUT2D eigenvalue weighted by Gasteiger charge is -2.35. The SMILES string of the molecule is CCCCCC[C@@H](O)[C@H](C)/C(=C\O[Si](C)(C)C(C)(C)C)SC. The fourth-order valence-electron chi connectivity index (χ4n) is 1.94. The maximum Gasteiger partial charge on any atom is 0.249 e. The molecule has 0 saturated carbocycles. The number of rotatable bonds is 10. The molecule has 1 N–H and O–H groups in total. The molecular formula is C18H38O2SSi. The Balaban J connectivity index is 4.63. The van der Waals surface area contributed by atoms with Gasteiger partial charge in [0.25, 0.3) is 0 Å². The average Bonchev–Trinajstić information content (AvgIpc) is 2.42. The maximum atomic E-state index is 10.4. The molecule has 0 aromatic rings. The van der Waals surface area contributed by atoms with Crippen molar-refractivity contribution < 1.29 is 9.53 Å². The molecular weight excluding hydrogens is 308 g/mol. The van der Waals surface area contributed by atoms with E-state index in [0.717, 1.165) is 17.7 Å². The summed E-state index contributed by atoms with van der Waals surface area (Å²) < 4.78 is 6.21. The smallest absolute Gasteiger partial charge is 0.249 e. The molecule has 0 saturated heterocycles. The summed E-state index contributed by atoms with van der Waals surface area (Å²) in [5.74, 6) is 0.154. The van der Waals surface area contributed by atoms with Gasteiger partial charge in [0.2, 0.25) is 8.32 Å². The third-order valence-corrected chi connectivity index (χ3v) is 10.1.